The number of hydrogen-bond donors (Lipinski definition) is 12. The van der Waals surface area contributed by atoms with Gasteiger partial charge >= 0.3 is 0 Å². The van der Waals surface area contributed by atoms with Gasteiger partial charge in [-0.2, -0.15) is 0 Å². The minimum absolute atomic E-state index is 0.00438. The lowest BCUT2D eigenvalue weighted by molar-refractivity contribution is 0.0893. The summed E-state index contributed by atoms with van der Waals surface area (Å²) in [4.78, 5) is 116. The first-order valence-electron chi connectivity index (χ1n) is 24.6. The molecule has 12 N–H and O–H groups in total. The SMILES string of the molecule is O=C1NCCN2CCNC(=O)c3cccc(c3O)C(=O)NCCN(CCNC(=O)c3cccc1c3O)CCN1CCNC(=O)c3cccc(c3O)C(=O)NCCN(CCNC(=O)c3cccc(c3O)C(=O)NC1)CC2. The Morgan fingerprint density at radius 2 is 0.427 bits per heavy atom. The molecule has 398 valence electrons. The molecule has 4 aromatic rings. The van der Waals surface area contributed by atoms with E-state index in [1.807, 2.05) is 14.7 Å². The van der Waals surface area contributed by atoms with Gasteiger partial charge in [-0.05, 0) is 48.5 Å². The normalized spacial score (nSPS) is 21.9. The molecule has 4 aromatic carbocycles. The minimum Gasteiger partial charge on any atom is -0.506 e. The van der Waals surface area contributed by atoms with Crippen LogP contribution in [0.25, 0.3) is 0 Å². The summed E-state index contributed by atoms with van der Waals surface area (Å²) >= 11 is 0. The summed E-state index contributed by atoms with van der Waals surface area (Å²) in [6.07, 6.45) is 0. The maximum atomic E-state index is 13.8. The molecule has 4 aliphatic heterocycles. The number of phenolic OH excluding ortho intramolecular Hbond substituents is 4. The smallest absolute Gasteiger partial charge is 0.256 e. The molecule has 8 amide bonds. The van der Waals surface area contributed by atoms with Crippen LogP contribution in [0.2, 0.25) is 0 Å². The van der Waals surface area contributed by atoms with Crippen molar-refractivity contribution in [3.8, 4) is 23.0 Å². The van der Waals surface area contributed by atoms with Crippen LogP contribution in [0.5, 0.6) is 23.0 Å². The number of nitrogens with zero attached hydrogens (tertiary/aromatic N) is 4. The second-order valence-corrected chi connectivity index (χ2v) is 17.9. The number of fused-ring (bicyclic) bond motifs is 16. The molecule has 4 heterocycles. The van der Waals surface area contributed by atoms with Gasteiger partial charge in [0.25, 0.3) is 47.3 Å². The van der Waals surface area contributed by atoms with Crippen LogP contribution < -0.4 is 42.5 Å². The molecule has 75 heavy (non-hydrogen) atoms. The Labute approximate surface area is 431 Å². The van der Waals surface area contributed by atoms with Crippen LogP contribution in [0, 0.1) is 0 Å². The van der Waals surface area contributed by atoms with Gasteiger partial charge in [0.1, 0.15) is 23.0 Å². The summed E-state index contributed by atoms with van der Waals surface area (Å²) in [6, 6.07) is 16.9. The van der Waals surface area contributed by atoms with Gasteiger partial charge in [-0.15, -0.1) is 0 Å². The molecule has 0 aromatic heterocycles. The van der Waals surface area contributed by atoms with Crippen molar-refractivity contribution in [2.45, 2.75) is 0 Å². The fraction of sp³-hybridized carbons (Fsp3) is 0.373. The summed E-state index contributed by atoms with van der Waals surface area (Å²) in [5.41, 5.74) is -1.21. The van der Waals surface area contributed by atoms with E-state index < -0.39 is 70.3 Å². The van der Waals surface area contributed by atoms with E-state index in [4.69, 9.17) is 0 Å². The van der Waals surface area contributed by atoms with Crippen molar-refractivity contribution in [1.82, 2.24) is 62.1 Å². The van der Waals surface area contributed by atoms with Crippen molar-refractivity contribution in [1.29, 1.82) is 0 Å². The van der Waals surface area contributed by atoms with Crippen molar-refractivity contribution in [3.63, 3.8) is 0 Å². The summed E-state index contributed by atoms with van der Waals surface area (Å²) in [6.45, 7) is 1.96. The van der Waals surface area contributed by atoms with Crippen molar-refractivity contribution in [2.75, 3.05) is 124 Å². The van der Waals surface area contributed by atoms with Gasteiger partial charge in [0.2, 0.25) is 0 Å². The molecule has 24 nitrogen and oxygen atoms in total. The summed E-state index contributed by atoms with van der Waals surface area (Å²) in [5, 5.41) is 67.3. The van der Waals surface area contributed by atoms with Crippen LogP contribution in [-0.2, 0) is 0 Å². The summed E-state index contributed by atoms with van der Waals surface area (Å²) in [5.74, 6) is -7.50. The second-order valence-electron chi connectivity index (χ2n) is 17.9. The third kappa shape index (κ3) is 14.3. The first kappa shape index (κ1) is 54.5. The average molecular weight is 1040 g/mol. The Morgan fingerprint density at radius 3 is 0.640 bits per heavy atom. The molecule has 24 heteroatoms. The summed E-state index contributed by atoms with van der Waals surface area (Å²) in [7, 11) is 0. The van der Waals surface area contributed by atoms with Gasteiger partial charge in [0.15, 0.2) is 0 Å². The van der Waals surface area contributed by atoms with Gasteiger partial charge < -0.3 is 63.0 Å². The number of carbonyl (C=O) groups is 8. The van der Waals surface area contributed by atoms with Gasteiger partial charge in [0, 0.05) is 118 Å². The molecule has 0 fully saturated rings. The van der Waals surface area contributed by atoms with Gasteiger partial charge in [-0.3, -0.25) is 58.0 Å². The van der Waals surface area contributed by atoms with Crippen molar-refractivity contribution < 1.29 is 58.8 Å². The predicted octanol–water partition coefficient (Wildman–Crippen LogP) is -1.35. The largest absolute Gasteiger partial charge is 0.506 e. The van der Waals surface area contributed by atoms with E-state index in [0.29, 0.717) is 0 Å². The van der Waals surface area contributed by atoms with Crippen LogP contribution in [-0.4, -0.2) is 212 Å². The van der Waals surface area contributed by atoms with Crippen LogP contribution in [0.15, 0.2) is 72.8 Å². The van der Waals surface area contributed by atoms with Crippen LogP contribution in [0.1, 0.15) is 82.9 Å². The Kier molecular flexibility index (Phi) is 18.9. The zero-order valence-corrected chi connectivity index (χ0v) is 41.2. The Hall–Kier alpha value is -8.32. The van der Waals surface area contributed by atoms with Gasteiger partial charge in [0.05, 0.1) is 51.2 Å². The molecule has 4 aliphatic rings. The number of hydrogen-bond acceptors (Lipinski definition) is 16. The molecule has 12 bridgehead atoms. The zero-order chi connectivity index (χ0) is 53.4. The molecule has 2 atom stereocenters. The summed E-state index contributed by atoms with van der Waals surface area (Å²) < 4.78 is 0. The predicted molar refractivity (Wildman–Crippen MR) is 272 cm³/mol. The Morgan fingerprint density at radius 1 is 0.253 bits per heavy atom. The molecule has 0 saturated carbocycles. The fourth-order valence-electron chi connectivity index (χ4n) is 8.72. The number of carbonyl (C=O) groups excluding carboxylic acids is 8. The lowest BCUT2D eigenvalue weighted by Gasteiger charge is -2.28. The first-order chi connectivity index (χ1) is 36.2. The fourth-order valence-corrected chi connectivity index (χ4v) is 8.72. The van der Waals surface area contributed by atoms with E-state index in [2.05, 4.69) is 42.5 Å². The van der Waals surface area contributed by atoms with Crippen LogP contribution in [0.3, 0.4) is 0 Å². The third-order valence-corrected chi connectivity index (χ3v) is 13.0. The van der Waals surface area contributed by atoms with Crippen molar-refractivity contribution in [3.05, 3.63) is 117 Å². The number of phenols is 4. The second kappa shape index (κ2) is 26.1. The number of para-hydroxylation sites is 4. The van der Waals surface area contributed by atoms with E-state index in [1.165, 1.54) is 72.8 Å². The standard InChI is InChI=1S/C51H62N12O12/c64-40-32-5-1-7-34(40)47(71)56-17-24-62-25-18-57-48(72)35-8-2-6-33(41(35)65)45(69)53-14-21-60(20-13-52-44(32)68)27-28-61-22-15-54-46(70)36-9-3-10-37(42(36)66)50(74)58-19-26-63(30-29-62)31-59-51(75)39-12-4-11-38(43(39)67)49(73)55-16-23-61/h1-12,64-67H,13-31H2,(H,52,68)(H,53,69)(H,54,70)(H,55,73)(H,56,71)(H,57,72)(H,58,74)(H,59,75). The molecule has 2 unspecified atom stereocenters. The maximum absolute atomic E-state index is 13.8. The molecular weight excluding hydrogens is 973 g/mol. The minimum atomic E-state index is -0.715. The van der Waals surface area contributed by atoms with Crippen LogP contribution in [0.4, 0.5) is 0 Å². The number of nitrogens with one attached hydrogen (secondary N) is 8. The van der Waals surface area contributed by atoms with Crippen molar-refractivity contribution in [2.24, 2.45) is 0 Å². The van der Waals surface area contributed by atoms with E-state index in [1.54, 1.807) is 4.90 Å². The average Bonchev–Trinajstić information content (AvgIpc) is 3.39. The number of aromatic hydroxyl groups is 4. The highest BCUT2D eigenvalue weighted by Crippen LogP contribution is 2.26. The third-order valence-electron chi connectivity index (χ3n) is 13.0. The number of rotatable bonds is 0. The highest BCUT2D eigenvalue weighted by atomic mass is 16.3. The maximum Gasteiger partial charge on any atom is 0.256 e. The number of benzene rings is 4. The highest BCUT2D eigenvalue weighted by Gasteiger charge is 2.25. The molecular formula is C51H62N12O12. The lowest BCUT2D eigenvalue weighted by Crippen LogP contribution is -2.47. The Bertz CT molecular complexity index is 2700. The molecule has 0 radical (unpaired) electrons. The quantitative estimate of drug-likeness (QED) is 0.0970. The highest BCUT2D eigenvalue weighted by molar-refractivity contribution is 6.06. The van der Waals surface area contributed by atoms with E-state index >= 15 is 0 Å². The van der Waals surface area contributed by atoms with E-state index in [-0.39, 0.29) is 169 Å². The molecule has 0 aliphatic carbocycles. The van der Waals surface area contributed by atoms with E-state index in [0.717, 1.165) is 0 Å². The monoisotopic (exact) mass is 1030 g/mol. The van der Waals surface area contributed by atoms with Crippen LogP contribution >= 0.6 is 0 Å². The number of amides is 8. The van der Waals surface area contributed by atoms with Gasteiger partial charge in [-0.1, -0.05) is 24.3 Å². The van der Waals surface area contributed by atoms with E-state index in [9.17, 15) is 58.8 Å². The van der Waals surface area contributed by atoms with Crippen molar-refractivity contribution >= 4 is 47.3 Å². The molecule has 0 spiro atoms. The topological polar surface area (TPSA) is 327 Å². The zero-order valence-electron chi connectivity index (χ0n) is 41.2. The molecule has 0 saturated heterocycles. The Balaban J connectivity index is 1.29. The lowest BCUT2D eigenvalue weighted by atomic mass is 10.1. The first-order valence-corrected chi connectivity index (χ1v) is 24.6. The van der Waals surface area contributed by atoms with Gasteiger partial charge in [-0.25, -0.2) is 0 Å². The molecule has 8 rings (SSSR count).